The first-order valence-corrected chi connectivity index (χ1v) is 22.7. The molecule has 2 rings (SSSR count). The van der Waals surface area contributed by atoms with E-state index in [4.69, 9.17) is 33.0 Å². The highest BCUT2D eigenvalue weighted by atomic mass is 32.2. The average molecular weight is 981 g/mol. The van der Waals surface area contributed by atoms with Crippen LogP contribution in [-0.2, 0) is 33.4 Å². The van der Waals surface area contributed by atoms with Crippen molar-refractivity contribution in [2.45, 2.75) is 114 Å². The van der Waals surface area contributed by atoms with Crippen molar-refractivity contribution in [2.75, 3.05) is 79.2 Å². The SMILES string of the molecule is C=CC/C(=C/CCCCNC(=O)CCCCC(F)(F)C(F)(F)OC(F)(OF)C(F)(F)SO)C/C(=C/CCCCNC(=O)c1ccc2c(c1)OCCOCCOCCOCCOCCO2)CC. The van der Waals surface area contributed by atoms with Gasteiger partial charge in [-0.1, -0.05) is 36.3 Å². The summed E-state index contributed by atoms with van der Waals surface area (Å²) in [7, 11) is 0. The Morgan fingerprint density at radius 3 is 1.85 bits per heavy atom. The van der Waals surface area contributed by atoms with Crippen LogP contribution in [0.25, 0.3) is 0 Å². The second-order valence-corrected chi connectivity index (χ2v) is 15.6. The van der Waals surface area contributed by atoms with Crippen LogP contribution >= 0.6 is 12.0 Å². The predicted octanol–water partition coefficient (Wildman–Crippen LogP) is 10.1. The van der Waals surface area contributed by atoms with Gasteiger partial charge in [-0.25, -0.2) is 4.74 Å². The standard InChI is InChI=1S/C44H64F8N2O11S/c1-3-13-35(15-8-6-11-20-53-39(55)16-9-10-19-41(45,46)42(47,48)64-44(51,65-52)43(49,50)66-57)32-34(4-2)14-7-5-12-21-54-40(56)36-17-18-37-38(33-36)63-31-29-61-27-25-59-23-22-58-24-26-60-28-30-62-37/h3,14-15,17-18,33,57H,1,4-13,16,19-32H2,2H3,(H,53,55)(H,54,56)/b34-14+,35-15-. The Balaban J connectivity index is 1.72. The summed E-state index contributed by atoms with van der Waals surface area (Å²) in [5, 5.41) is 0.0544. The highest BCUT2D eigenvalue weighted by Gasteiger charge is 2.70. The quantitative estimate of drug-likeness (QED) is 0.0253. The molecule has 1 heterocycles. The van der Waals surface area contributed by atoms with Gasteiger partial charge in [-0.3, -0.25) is 9.59 Å². The molecule has 0 saturated heterocycles. The monoisotopic (exact) mass is 980 g/mol. The lowest BCUT2D eigenvalue weighted by Gasteiger charge is -2.33. The smallest absolute Gasteiger partial charge is 0.433 e. The predicted molar refractivity (Wildman–Crippen MR) is 230 cm³/mol. The molecule has 1 unspecified atom stereocenters. The summed E-state index contributed by atoms with van der Waals surface area (Å²) >= 11 is -1.79. The lowest BCUT2D eigenvalue weighted by atomic mass is 9.97. The number of hydrogen-bond donors (Lipinski definition) is 3. The van der Waals surface area contributed by atoms with Crippen molar-refractivity contribution in [1.82, 2.24) is 10.6 Å². The average Bonchev–Trinajstić information content (AvgIpc) is 3.28. The number of unbranched alkanes of at least 4 members (excludes halogenated alkanes) is 5. The molecule has 22 heteroatoms. The number of halogens is 8. The van der Waals surface area contributed by atoms with Crippen LogP contribution in [0, 0.1) is 0 Å². The molecule has 2 amide bonds. The molecular formula is C44H64F8N2O11S. The Morgan fingerprint density at radius 2 is 1.30 bits per heavy atom. The van der Waals surface area contributed by atoms with Gasteiger partial charge in [0.15, 0.2) is 11.5 Å². The summed E-state index contributed by atoms with van der Waals surface area (Å²) in [4.78, 5) is 27.2. The molecule has 0 bridgehead atoms. The van der Waals surface area contributed by atoms with Gasteiger partial charge in [0, 0.05) is 31.5 Å². The van der Waals surface area contributed by atoms with Crippen LogP contribution in [0.4, 0.5) is 35.3 Å². The van der Waals surface area contributed by atoms with Gasteiger partial charge in [-0.05, 0) is 93.4 Å². The third-order valence-corrected chi connectivity index (χ3v) is 10.2. The third-order valence-electron chi connectivity index (χ3n) is 9.73. The normalized spacial score (nSPS) is 16.7. The minimum Gasteiger partial charge on any atom is -0.487 e. The van der Waals surface area contributed by atoms with Gasteiger partial charge in [0.25, 0.3) is 5.91 Å². The molecular weight excluding hydrogens is 917 g/mol. The van der Waals surface area contributed by atoms with Gasteiger partial charge in [-0.15, -0.1) is 11.5 Å². The lowest BCUT2D eigenvalue weighted by Crippen LogP contribution is -2.54. The van der Waals surface area contributed by atoms with Crippen LogP contribution in [0.2, 0.25) is 0 Å². The molecule has 1 aromatic carbocycles. The van der Waals surface area contributed by atoms with Crippen molar-refractivity contribution in [3.8, 4) is 11.5 Å². The molecule has 0 aromatic heterocycles. The summed E-state index contributed by atoms with van der Waals surface area (Å²) in [6.07, 6.45) is 3.92. The second-order valence-electron chi connectivity index (χ2n) is 14.9. The van der Waals surface area contributed by atoms with Gasteiger partial charge < -0.3 is 43.6 Å². The van der Waals surface area contributed by atoms with Gasteiger partial charge in [0.05, 0.1) is 64.9 Å². The van der Waals surface area contributed by atoms with Crippen molar-refractivity contribution in [3.63, 3.8) is 0 Å². The molecule has 0 fully saturated rings. The third kappa shape index (κ3) is 22.5. The molecule has 1 aliphatic rings. The van der Waals surface area contributed by atoms with Gasteiger partial charge in [0.1, 0.15) is 13.2 Å². The van der Waals surface area contributed by atoms with Crippen LogP contribution in [0.3, 0.4) is 0 Å². The highest BCUT2D eigenvalue weighted by molar-refractivity contribution is 7.94. The Morgan fingerprint density at radius 1 is 0.758 bits per heavy atom. The summed E-state index contributed by atoms with van der Waals surface area (Å²) in [5.74, 6) is -5.12. The van der Waals surface area contributed by atoms with E-state index in [1.807, 2.05) is 11.0 Å². The fourth-order valence-corrected chi connectivity index (χ4v) is 6.26. The van der Waals surface area contributed by atoms with E-state index < -0.39 is 54.1 Å². The van der Waals surface area contributed by atoms with Crippen LogP contribution in [0.5, 0.6) is 11.5 Å². The highest BCUT2D eigenvalue weighted by Crippen LogP contribution is 2.49. The molecule has 1 aliphatic heterocycles. The number of carbonyl (C=O) groups excluding carboxylic acids is 2. The van der Waals surface area contributed by atoms with E-state index in [1.54, 1.807) is 18.2 Å². The molecule has 0 aliphatic carbocycles. The fraction of sp³-hybridized carbons (Fsp3) is 0.682. The summed E-state index contributed by atoms with van der Waals surface area (Å²) in [6.45, 7) is 10.6. The van der Waals surface area contributed by atoms with E-state index in [2.05, 4.69) is 41.0 Å². The zero-order chi connectivity index (χ0) is 48.7. The fourth-order valence-electron chi connectivity index (χ4n) is 6.07. The maximum atomic E-state index is 14.0. The number of amides is 2. The minimum atomic E-state index is -5.97. The largest absolute Gasteiger partial charge is 0.487 e. The molecule has 13 nitrogen and oxygen atoms in total. The molecule has 0 saturated carbocycles. The number of carbonyl (C=O) groups is 2. The molecule has 378 valence electrons. The van der Waals surface area contributed by atoms with Crippen LogP contribution in [0.1, 0.15) is 101 Å². The van der Waals surface area contributed by atoms with Gasteiger partial charge >= 0.3 is 23.3 Å². The van der Waals surface area contributed by atoms with Gasteiger partial charge in [0.2, 0.25) is 5.91 Å². The van der Waals surface area contributed by atoms with E-state index in [0.717, 1.165) is 44.9 Å². The molecule has 1 aromatic rings. The molecule has 0 spiro atoms. The summed E-state index contributed by atoms with van der Waals surface area (Å²) in [6, 6.07) is -0.682. The molecule has 1 atom stereocenters. The molecule has 0 radical (unpaired) electrons. The van der Waals surface area contributed by atoms with Crippen molar-refractivity contribution >= 4 is 23.9 Å². The van der Waals surface area contributed by atoms with E-state index in [-0.39, 0.29) is 38.5 Å². The Labute approximate surface area is 385 Å². The first kappa shape index (κ1) is 58.6. The number of benzene rings is 1. The van der Waals surface area contributed by atoms with Gasteiger partial charge in [-0.2, -0.15) is 30.7 Å². The van der Waals surface area contributed by atoms with Crippen LogP contribution in [0.15, 0.2) is 54.2 Å². The molecule has 66 heavy (non-hydrogen) atoms. The summed E-state index contributed by atoms with van der Waals surface area (Å²) < 4.78 is 153. The van der Waals surface area contributed by atoms with Crippen molar-refractivity contribution < 1.29 is 87.5 Å². The number of rotatable bonds is 27. The minimum absolute atomic E-state index is 0.232. The van der Waals surface area contributed by atoms with Crippen molar-refractivity contribution in [1.29, 1.82) is 0 Å². The zero-order valence-electron chi connectivity index (χ0n) is 37.3. The number of ether oxygens (including phenoxy) is 7. The number of hydrogen-bond acceptors (Lipinski definition) is 12. The summed E-state index contributed by atoms with van der Waals surface area (Å²) in [5.41, 5.74) is 2.89. The maximum absolute atomic E-state index is 14.0. The van der Waals surface area contributed by atoms with Crippen LogP contribution < -0.4 is 20.1 Å². The Bertz CT molecular complexity index is 1630. The van der Waals surface area contributed by atoms with Crippen molar-refractivity contribution in [2.24, 2.45) is 0 Å². The second kappa shape index (κ2) is 32.3. The number of nitrogens with one attached hydrogen (secondary N) is 2. The van der Waals surface area contributed by atoms with E-state index in [0.29, 0.717) is 89.3 Å². The van der Waals surface area contributed by atoms with Crippen molar-refractivity contribution in [3.05, 3.63) is 59.7 Å². The lowest BCUT2D eigenvalue weighted by molar-refractivity contribution is -0.521. The van der Waals surface area contributed by atoms with E-state index >= 15 is 0 Å². The van der Waals surface area contributed by atoms with E-state index in [1.165, 1.54) is 11.1 Å². The molecule has 3 N–H and O–H groups in total. The Kier molecular flexibility index (Phi) is 28.7. The first-order chi connectivity index (χ1) is 31.5. The number of allylic oxidation sites excluding steroid dienone is 5. The number of fused-ring (bicyclic) bond motifs is 1. The topological polar surface area (TPSA) is 152 Å². The maximum Gasteiger partial charge on any atom is 0.433 e. The van der Waals surface area contributed by atoms with Crippen LogP contribution in [-0.4, -0.2) is 119 Å². The Hall–Kier alpha value is -3.51. The zero-order valence-corrected chi connectivity index (χ0v) is 38.1. The van der Waals surface area contributed by atoms with E-state index in [9.17, 15) is 44.8 Å². The number of alkyl halides is 7. The first-order valence-electron chi connectivity index (χ1n) is 21.9.